The maximum absolute atomic E-state index is 12.9. The number of carbonyl (C=O) groups is 2. The summed E-state index contributed by atoms with van der Waals surface area (Å²) in [6.45, 7) is 6.81. The molecule has 3 aliphatic rings. The van der Waals surface area contributed by atoms with Crippen LogP contribution in [-0.4, -0.2) is 44.4 Å². The molecule has 194 valence electrons. The predicted molar refractivity (Wildman–Crippen MR) is 141 cm³/mol. The Bertz CT molecular complexity index is 1500. The van der Waals surface area contributed by atoms with Gasteiger partial charge in [-0.05, 0) is 85.4 Å². The molecule has 2 aliphatic carbocycles. The molecule has 6 rings (SSSR count). The number of fused-ring (bicyclic) bond motifs is 1. The normalized spacial score (nSPS) is 26.3. The fraction of sp³-hybridized carbons (Fsp3) is 0.429. The second-order valence-corrected chi connectivity index (χ2v) is 11.6. The highest BCUT2D eigenvalue weighted by Gasteiger charge is 2.52. The molecule has 0 unspecified atom stereocenters. The lowest BCUT2D eigenvalue weighted by molar-refractivity contribution is -0.118. The van der Waals surface area contributed by atoms with E-state index < -0.39 is 0 Å². The summed E-state index contributed by atoms with van der Waals surface area (Å²) in [5.41, 5.74) is 3.50. The van der Waals surface area contributed by atoms with E-state index in [0.29, 0.717) is 35.2 Å². The Kier molecular flexibility index (Phi) is 5.76. The van der Waals surface area contributed by atoms with E-state index >= 15 is 0 Å². The number of amides is 2. The van der Waals surface area contributed by atoms with Gasteiger partial charge in [-0.3, -0.25) is 14.5 Å². The lowest BCUT2D eigenvalue weighted by Crippen LogP contribution is -2.52. The number of benzene rings is 1. The van der Waals surface area contributed by atoms with Gasteiger partial charge in [-0.2, -0.15) is 5.26 Å². The monoisotopic (exact) mass is 529 g/mol. The molecule has 0 spiro atoms. The molecule has 3 fully saturated rings. The van der Waals surface area contributed by atoms with Crippen molar-refractivity contribution in [2.24, 2.45) is 11.8 Å². The number of aromatic nitrogens is 4. The van der Waals surface area contributed by atoms with E-state index in [0.717, 1.165) is 29.7 Å². The van der Waals surface area contributed by atoms with Gasteiger partial charge in [-0.25, -0.2) is 9.67 Å². The van der Waals surface area contributed by atoms with Crippen molar-refractivity contribution >= 4 is 29.2 Å². The molecule has 1 N–H and O–H groups in total. The number of hydrogen-bond donors (Lipinski definition) is 1. The molecule has 3 atom stereocenters. The van der Waals surface area contributed by atoms with Crippen molar-refractivity contribution in [1.82, 2.24) is 25.3 Å². The number of carbonyl (C=O) groups excluding carboxylic acids is 2. The quantitative estimate of drug-likeness (QED) is 0.516. The summed E-state index contributed by atoms with van der Waals surface area (Å²) in [6, 6.07) is 9.29. The fourth-order valence-electron chi connectivity index (χ4n) is 6.05. The Hall–Kier alpha value is -3.77. The summed E-state index contributed by atoms with van der Waals surface area (Å²) in [7, 11) is 0. The summed E-state index contributed by atoms with van der Waals surface area (Å²) in [5.74, 6) is 1.28. The first-order valence-corrected chi connectivity index (χ1v) is 13.3. The van der Waals surface area contributed by atoms with Crippen molar-refractivity contribution in [3.05, 3.63) is 69.6 Å². The van der Waals surface area contributed by atoms with E-state index in [4.69, 9.17) is 11.6 Å². The third kappa shape index (κ3) is 4.13. The van der Waals surface area contributed by atoms with E-state index in [-0.39, 0.29) is 40.9 Å². The van der Waals surface area contributed by atoms with Crippen LogP contribution < -0.4 is 10.2 Å². The maximum Gasteiger partial charge on any atom is 0.273 e. The van der Waals surface area contributed by atoms with Gasteiger partial charge in [0.15, 0.2) is 5.69 Å². The van der Waals surface area contributed by atoms with Gasteiger partial charge in [0.1, 0.15) is 5.82 Å². The highest BCUT2D eigenvalue weighted by Crippen LogP contribution is 2.47. The number of rotatable bonds is 6. The summed E-state index contributed by atoms with van der Waals surface area (Å²) in [4.78, 5) is 31.7. The second kappa shape index (κ2) is 8.91. The van der Waals surface area contributed by atoms with E-state index in [1.165, 1.54) is 0 Å². The van der Waals surface area contributed by atoms with Crippen LogP contribution in [-0.2, 0) is 10.2 Å². The molecule has 3 aromatic rings. The minimum Gasteiger partial charge on any atom is -0.348 e. The Morgan fingerprint density at radius 3 is 2.79 bits per heavy atom. The molecule has 2 saturated carbocycles. The van der Waals surface area contributed by atoms with Gasteiger partial charge in [-0.15, -0.1) is 5.10 Å². The van der Waals surface area contributed by atoms with Crippen LogP contribution in [0.5, 0.6) is 0 Å². The molecule has 1 aromatic carbocycles. The SMILES string of the molecule is Cc1cc(N2C[C@H]3C[C@H]3C2=O)ncc1[C@@H](C)n1cc(C(=O)NC2CC(C)(c3cc(Cl)ccc3C#N)C2)nn1. The smallest absolute Gasteiger partial charge is 0.273 e. The average Bonchev–Trinajstić information content (AvgIpc) is 3.33. The Labute approximate surface area is 225 Å². The first-order chi connectivity index (χ1) is 18.2. The zero-order valence-electron chi connectivity index (χ0n) is 21.5. The lowest BCUT2D eigenvalue weighted by Gasteiger charge is -2.46. The first kappa shape index (κ1) is 24.6. The molecule has 2 amide bonds. The van der Waals surface area contributed by atoms with Crippen molar-refractivity contribution in [2.75, 3.05) is 11.4 Å². The Morgan fingerprint density at radius 1 is 1.32 bits per heavy atom. The van der Waals surface area contributed by atoms with Crippen molar-refractivity contribution in [1.29, 1.82) is 5.26 Å². The minimum atomic E-state index is -0.279. The number of nitrogens with one attached hydrogen (secondary N) is 1. The zero-order chi connectivity index (χ0) is 26.8. The van der Waals surface area contributed by atoms with Crippen molar-refractivity contribution in [3.63, 3.8) is 0 Å². The Balaban J connectivity index is 1.10. The average molecular weight is 530 g/mol. The lowest BCUT2D eigenvalue weighted by atomic mass is 9.62. The van der Waals surface area contributed by atoms with Gasteiger partial charge in [0, 0.05) is 29.7 Å². The fourth-order valence-corrected chi connectivity index (χ4v) is 6.23. The van der Waals surface area contributed by atoms with E-state index in [1.807, 2.05) is 26.0 Å². The molecule has 2 aromatic heterocycles. The summed E-state index contributed by atoms with van der Waals surface area (Å²) < 4.78 is 1.66. The second-order valence-electron chi connectivity index (χ2n) is 11.2. The molecule has 9 nitrogen and oxygen atoms in total. The highest BCUT2D eigenvalue weighted by molar-refractivity contribution is 6.30. The molecule has 0 bridgehead atoms. The largest absolute Gasteiger partial charge is 0.348 e. The molecule has 1 saturated heterocycles. The topological polar surface area (TPSA) is 117 Å². The van der Waals surface area contributed by atoms with Crippen molar-refractivity contribution in [2.45, 2.75) is 57.5 Å². The van der Waals surface area contributed by atoms with E-state index in [2.05, 4.69) is 33.6 Å². The number of nitrogens with zero attached hydrogens (tertiary/aromatic N) is 6. The van der Waals surface area contributed by atoms with Crippen LogP contribution in [0.15, 0.2) is 36.7 Å². The number of halogens is 1. The third-order valence-corrected chi connectivity index (χ3v) is 8.64. The van der Waals surface area contributed by atoms with Crippen LogP contribution in [0.4, 0.5) is 5.82 Å². The van der Waals surface area contributed by atoms with Crippen LogP contribution in [0.25, 0.3) is 0 Å². The number of hydrogen-bond acceptors (Lipinski definition) is 6. The summed E-state index contributed by atoms with van der Waals surface area (Å²) in [5, 5.41) is 21.4. The van der Waals surface area contributed by atoms with Crippen LogP contribution in [0, 0.1) is 30.1 Å². The molecular formula is C28H28ClN7O2. The van der Waals surface area contributed by atoms with Gasteiger partial charge < -0.3 is 5.32 Å². The highest BCUT2D eigenvalue weighted by atomic mass is 35.5. The number of nitriles is 1. The molecule has 10 heteroatoms. The van der Waals surface area contributed by atoms with E-state index in [9.17, 15) is 14.9 Å². The number of pyridine rings is 1. The van der Waals surface area contributed by atoms with E-state index in [1.54, 1.807) is 34.1 Å². The first-order valence-electron chi connectivity index (χ1n) is 12.9. The summed E-state index contributed by atoms with van der Waals surface area (Å²) in [6.07, 6.45) is 5.85. The van der Waals surface area contributed by atoms with Gasteiger partial charge in [0.2, 0.25) is 5.91 Å². The Morgan fingerprint density at radius 2 is 2.11 bits per heavy atom. The van der Waals surface area contributed by atoms with Crippen LogP contribution in [0.1, 0.15) is 71.9 Å². The number of piperidine rings is 1. The van der Waals surface area contributed by atoms with Crippen molar-refractivity contribution in [3.8, 4) is 6.07 Å². The number of anilines is 1. The van der Waals surface area contributed by atoms with Crippen LogP contribution in [0.3, 0.4) is 0 Å². The third-order valence-electron chi connectivity index (χ3n) is 8.41. The molecular weight excluding hydrogens is 502 g/mol. The van der Waals surface area contributed by atoms with Crippen molar-refractivity contribution < 1.29 is 9.59 Å². The molecule has 38 heavy (non-hydrogen) atoms. The van der Waals surface area contributed by atoms with Gasteiger partial charge in [-0.1, -0.05) is 23.7 Å². The van der Waals surface area contributed by atoms with Crippen LogP contribution >= 0.6 is 11.6 Å². The zero-order valence-corrected chi connectivity index (χ0v) is 22.2. The maximum atomic E-state index is 12.9. The molecule has 1 aliphatic heterocycles. The van der Waals surface area contributed by atoms with Gasteiger partial charge >= 0.3 is 0 Å². The summed E-state index contributed by atoms with van der Waals surface area (Å²) >= 11 is 6.18. The van der Waals surface area contributed by atoms with Crippen LogP contribution in [0.2, 0.25) is 5.02 Å². The standard InChI is InChI=1S/C28H28ClN7O2/c1-15-6-25(35-13-18-7-21(18)27(35)38)31-12-22(15)16(2)36-14-24(33-34-36)26(37)32-20-9-28(3,10-20)23-8-19(29)5-4-17(23)11-30/h4-6,8,12,14,16,18,20-21H,7,9-10,13H2,1-3H3,(H,32,37)/t16-,18-,20?,21-,28?/m1/s1. The van der Waals surface area contributed by atoms with Gasteiger partial charge in [0.25, 0.3) is 5.91 Å². The van der Waals surface area contributed by atoms with Gasteiger partial charge in [0.05, 0.1) is 23.9 Å². The predicted octanol–water partition coefficient (Wildman–Crippen LogP) is 3.95. The number of aryl methyl sites for hydroxylation is 1. The molecule has 3 heterocycles. The molecule has 0 radical (unpaired) electrons. The minimum absolute atomic E-state index is 0.0288.